The molecule has 1 aliphatic heterocycles. The summed E-state index contributed by atoms with van der Waals surface area (Å²) >= 11 is 0. The summed E-state index contributed by atoms with van der Waals surface area (Å²) in [5, 5.41) is 2.83. The molecule has 5 nitrogen and oxygen atoms in total. The number of benzene rings is 1. The van der Waals surface area contributed by atoms with Crippen LogP contribution in [0.1, 0.15) is 18.1 Å². The zero-order valence-corrected chi connectivity index (χ0v) is 15.3. The van der Waals surface area contributed by atoms with E-state index in [2.05, 4.69) is 21.4 Å². The molecular weight excluding hydrogens is 442 g/mol. The first-order valence-electron chi connectivity index (χ1n) is 7.59. The molecule has 164 valence electrons. The van der Waals surface area contributed by atoms with E-state index in [1.54, 1.807) is 0 Å². The molecule has 29 heavy (non-hydrogen) atoms. The molecule has 1 aromatic rings. The van der Waals surface area contributed by atoms with Gasteiger partial charge in [-0.1, -0.05) is 31.5 Å². The molecule has 2 rings (SSSR count). The fourth-order valence-electron chi connectivity index (χ4n) is 2.45. The number of oxime groups is 1. The highest BCUT2D eigenvalue weighted by molar-refractivity contribution is 8.45. The van der Waals surface area contributed by atoms with E-state index < -0.39 is 62.6 Å². The van der Waals surface area contributed by atoms with Crippen molar-refractivity contribution in [3.05, 3.63) is 28.8 Å². The van der Waals surface area contributed by atoms with Gasteiger partial charge in [-0.3, -0.25) is 0 Å². The molecule has 14 heteroatoms. The number of aryl methyl sites for hydroxylation is 1. The molecule has 1 aliphatic rings. The van der Waals surface area contributed by atoms with Gasteiger partial charge in [0.2, 0.25) is 6.10 Å². The molecule has 0 bridgehead atoms. The van der Waals surface area contributed by atoms with Crippen LogP contribution in [0.3, 0.4) is 0 Å². The Hall–Kier alpha value is -2.51. The maximum Gasteiger partial charge on any atom is 0.430 e. The summed E-state index contributed by atoms with van der Waals surface area (Å²) in [5.74, 6) is -2.35. The van der Waals surface area contributed by atoms with E-state index in [-0.39, 0.29) is 18.6 Å². The largest absolute Gasteiger partial charge is 0.475 e. The monoisotopic (exact) mass is 455 g/mol. The highest BCUT2D eigenvalue weighted by Gasteiger charge is 2.65. The van der Waals surface area contributed by atoms with Crippen LogP contribution in [0.25, 0.3) is 6.08 Å². The highest BCUT2D eigenvalue weighted by Crippen LogP contribution is 3.02. The molecular formula is C15H13F8NO4S. The van der Waals surface area contributed by atoms with Gasteiger partial charge < -0.3 is 14.3 Å². The molecule has 0 fully saturated rings. The zero-order valence-electron chi connectivity index (χ0n) is 14.4. The Morgan fingerprint density at radius 2 is 1.86 bits per heavy atom. The van der Waals surface area contributed by atoms with Gasteiger partial charge in [-0.05, 0) is 30.2 Å². The standard InChI is InChI=1S/C15H13F8NO4S/c1-3-8-4-10(29(19,20,21,22)23)5-9-6-11(14(25)26-7-27-24-2)13(15(16,17)18)28-12(8)9/h4-6,13H,2-3,7H2,1H3/t13-/m0/s1. The average Bonchev–Trinajstić information content (AvgIpc) is 2.56. The molecule has 0 unspecified atom stereocenters. The van der Waals surface area contributed by atoms with E-state index in [0.717, 1.165) is 0 Å². The van der Waals surface area contributed by atoms with Crippen LogP contribution in [0.2, 0.25) is 0 Å². The van der Waals surface area contributed by atoms with E-state index in [1.165, 1.54) is 6.92 Å². The van der Waals surface area contributed by atoms with E-state index >= 15 is 0 Å². The third-order valence-electron chi connectivity index (χ3n) is 3.69. The first-order valence-corrected chi connectivity index (χ1v) is 9.54. The zero-order chi connectivity index (χ0) is 22.3. The Morgan fingerprint density at radius 3 is 2.34 bits per heavy atom. The number of ether oxygens (including phenoxy) is 2. The molecule has 0 saturated carbocycles. The number of carbonyl (C=O) groups excluding carboxylic acids is 1. The minimum absolute atomic E-state index is 0.0363. The lowest BCUT2D eigenvalue weighted by molar-refractivity contribution is -0.190. The Bertz CT molecular complexity index is 879. The minimum Gasteiger partial charge on any atom is -0.475 e. The van der Waals surface area contributed by atoms with Crippen molar-refractivity contribution >= 4 is 29.0 Å². The highest BCUT2D eigenvalue weighted by atomic mass is 32.5. The van der Waals surface area contributed by atoms with E-state index in [4.69, 9.17) is 4.74 Å². The van der Waals surface area contributed by atoms with Crippen molar-refractivity contribution < 1.29 is 51.7 Å². The second kappa shape index (κ2) is 6.50. The molecule has 0 aliphatic carbocycles. The maximum atomic E-state index is 13.3. The number of alkyl halides is 3. The average molecular weight is 455 g/mol. The number of halogens is 8. The van der Waals surface area contributed by atoms with Crippen LogP contribution in [-0.4, -0.2) is 31.8 Å². The quantitative estimate of drug-likeness (QED) is 0.137. The number of nitrogens with zero attached hydrogens (tertiary/aromatic N) is 1. The van der Waals surface area contributed by atoms with Crippen molar-refractivity contribution in [2.45, 2.75) is 30.5 Å². The summed E-state index contributed by atoms with van der Waals surface area (Å²) in [6.45, 7) is 3.16. The van der Waals surface area contributed by atoms with Crippen LogP contribution < -0.4 is 4.74 Å². The smallest absolute Gasteiger partial charge is 0.430 e. The second-order valence-electron chi connectivity index (χ2n) is 5.77. The second-order valence-corrected chi connectivity index (χ2v) is 8.18. The van der Waals surface area contributed by atoms with E-state index in [0.29, 0.717) is 6.08 Å². The van der Waals surface area contributed by atoms with Gasteiger partial charge >= 0.3 is 22.4 Å². The number of rotatable bonds is 6. The lowest BCUT2D eigenvalue weighted by atomic mass is 9.98. The predicted octanol–water partition coefficient (Wildman–Crippen LogP) is 5.75. The molecule has 1 aromatic carbocycles. The van der Waals surface area contributed by atoms with E-state index in [1.807, 2.05) is 0 Å². The lowest BCUT2D eigenvalue weighted by Gasteiger charge is -2.41. The molecule has 0 saturated heterocycles. The summed E-state index contributed by atoms with van der Waals surface area (Å²) < 4.78 is 115. The van der Waals surface area contributed by atoms with Crippen LogP contribution in [0.15, 0.2) is 27.8 Å². The molecule has 0 amide bonds. The van der Waals surface area contributed by atoms with Crippen molar-refractivity contribution in [1.29, 1.82) is 0 Å². The summed E-state index contributed by atoms with van der Waals surface area (Å²) in [6, 6.07) is -0.0354. The van der Waals surface area contributed by atoms with Gasteiger partial charge in [-0.2, -0.15) is 13.2 Å². The molecule has 0 spiro atoms. The van der Waals surface area contributed by atoms with Gasteiger partial charge in [0.25, 0.3) is 6.79 Å². The number of hydrogen-bond donors (Lipinski definition) is 0. The fourth-order valence-corrected chi connectivity index (χ4v) is 3.17. The topological polar surface area (TPSA) is 57.1 Å². The third kappa shape index (κ3) is 5.10. The number of esters is 1. The van der Waals surface area contributed by atoms with Crippen LogP contribution in [0, 0.1) is 0 Å². The Kier molecular flexibility index (Phi) is 5.11. The Balaban J connectivity index is 2.67. The van der Waals surface area contributed by atoms with Gasteiger partial charge in [-0.15, -0.1) is 0 Å². The Morgan fingerprint density at radius 1 is 1.24 bits per heavy atom. The van der Waals surface area contributed by atoms with Crippen molar-refractivity contribution in [1.82, 2.24) is 0 Å². The maximum absolute atomic E-state index is 13.3. The first kappa shape index (κ1) is 22.8. The van der Waals surface area contributed by atoms with Crippen molar-refractivity contribution in [2.75, 3.05) is 6.79 Å². The summed E-state index contributed by atoms with van der Waals surface area (Å²) in [4.78, 5) is 13.8. The predicted molar refractivity (Wildman–Crippen MR) is 87.3 cm³/mol. The number of carbonyl (C=O) groups is 1. The van der Waals surface area contributed by atoms with Gasteiger partial charge in [0, 0.05) is 12.3 Å². The third-order valence-corrected chi connectivity index (χ3v) is 4.82. The van der Waals surface area contributed by atoms with Gasteiger partial charge in [0.1, 0.15) is 10.6 Å². The van der Waals surface area contributed by atoms with Crippen LogP contribution in [0.4, 0.5) is 32.6 Å². The van der Waals surface area contributed by atoms with Crippen LogP contribution >= 0.6 is 10.2 Å². The summed E-state index contributed by atoms with van der Waals surface area (Å²) in [6.07, 6.45) is -8.03. The SMILES string of the molecule is C=NOCOC(=O)C1=Cc2cc(S(F)(F)(F)(F)F)cc(CC)c2O[C@@H]1C(F)(F)F. The molecule has 0 radical (unpaired) electrons. The van der Waals surface area contributed by atoms with Crippen molar-refractivity contribution in [3.8, 4) is 5.75 Å². The van der Waals surface area contributed by atoms with Crippen molar-refractivity contribution in [3.63, 3.8) is 0 Å². The lowest BCUT2D eigenvalue weighted by Crippen LogP contribution is -2.41. The molecule has 1 atom stereocenters. The molecule has 1 heterocycles. The first-order chi connectivity index (χ1) is 13.0. The summed E-state index contributed by atoms with van der Waals surface area (Å²) in [7, 11) is -10.2. The number of fused-ring (bicyclic) bond motifs is 1. The van der Waals surface area contributed by atoms with Crippen LogP contribution in [0.5, 0.6) is 5.75 Å². The molecule has 0 aromatic heterocycles. The van der Waals surface area contributed by atoms with Gasteiger partial charge in [0.15, 0.2) is 0 Å². The molecule has 0 N–H and O–H groups in total. The fraction of sp³-hybridized carbons (Fsp3) is 0.333. The van der Waals surface area contributed by atoms with Gasteiger partial charge in [0.05, 0.1) is 5.57 Å². The minimum atomic E-state index is -10.2. The summed E-state index contributed by atoms with van der Waals surface area (Å²) in [5.41, 5.74) is -2.57. The van der Waals surface area contributed by atoms with Gasteiger partial charge in [-0.25, -0.2) is 4.79 Å². The Labute approximate surface area is 158 Å². The normalized spacial score (nSPS) is 19.1. The number of hydrogen-bond acceptors (Lipinski definition) is 5. The van der Waals surface area contributed by atoms with E-state index in [9.17, 15) is 37.4 Å². The van der Waals surface area contributed by atoms with Crippen molar-refractivity contribution in [2.24, 2.45) is 5.16 Å². The van der Waals surface area contributed by atoms with Crippen LogP contribution in [-0.2, 0) is 20.8 Å².